The van der Waals surface area contributed by atoms with Crippen molar-refractivity contribution in [2.24, 2.45) is 0 Å². The van der Waals surface area contributed by atoms with E-state index in [-0.39, 0.29) is 5.56 Å². The maximum Gasteiger partial charge on any atom is 0.412 e. The van der Waals surface area contributed by atoms with Gasteiger partial charge in [0.15, 0.2) is 0 Å². The number of aryl methyl sites for hydroxylation is 1. The zero-order chi connectivity index (χ0) is 28.2. The molecule has 1 fully saturated rings. The lowest BCUT2D eigenvalue weighted by Crippen LogP contribution is -2.17. The summed E-state index contributed by atoms with van der Waals surface area (Å²) >= 11 is 10.7. The van der Waals surface area contributed by atoms with Gasteiger partial charge in [-0.1, -0.05) is 41.9 Å². The number of halogens is 2. The second-order valence-electron chi connectivity index (χ2n) is 9.70. The lowest BCUT2D eigenvalue weighted by Gasteiger charge is -2.15. The number of carboxylic acids is 1. The molecule has 0 bridgehead atoms. The predicted molar refractivity (Wildman–Crippen MR) is 159 cm³/mol. The predicted octanol–water partition coefficient (Wildman–Crippen LogP) is 9.28. The number of aliphatic carboxylic acids is 1. The minimum Gasteiger partial charge on any atom is -0.481 e. The van der Waals surface area contributed by atoms with Crippen LogP contribution in [0.2, 0.25) is 5.02 Å². The van der Waals surface area contributed by atoms with E-state index in [2.05, 4.69) is 9.69 Å². The fourth-order valence-electron chi connectivity index (χ4n) is 4.59. The van der Waals surface area contributed by atoms with Gasteiger partial charge in [0.1, 0.15) is 17.3 Å². The van der Waals surface area contributed by atoms with Crippen LogP contribution in [0.4, 0.5) is 14.9 Å². The number of carboxylic acid groups (broad SMARTS) is 1. The van der Waals surface area contributed by atoms with E-state index in [1.807, 2.05) is 42.5 Å². The monoisotopic (exact) mass is 612 g/mol. The van der Waals surface area contributed by atoms with Gasteiger partial charge in [0.05, 0.1) is 21.3 Å². The van der Waals surface area contributed by atoms with Crippen molar-refractivity contribution in [3.8, 4) is 20.9 Å². The van der Waals surface area contributed by atoms with E-state index in [4.69, 9.17) is 16.3 Å². The number of hydrogen-bond acceptors (Lipinski definition) is 7. The lowest BCUT2D eigenvalue weighted by atomic mass is 10.1. The van der Waals surface area contributed by atoms with Crippen LogP contribution in [0, 0.1) is 12.7 Å². The van der Waals surface area contributed by atoms with Crippen LogP contribution < -0.4 is 5.32 Å². The summed E-state index contributed by atoms with van der Waals surface area (Å²) in [5.41, 5.74) is 1.78. The first-order valence-corrected chi connectivity index (χ1v) is 15.2. The second-order valence-corrected chi connectivity index (χ2v) is 13.1. The van der Waals surface area contributed by atoms with Crippen LogP contribution in [0.1, 0.15) is 42.0 Å². The Kier molecular flexibility index (Phi) is 6.90. The van der Waals surface area contributed by atoms with Crippen molar-refractivity contribution in [1.82, 2.24) is 4.37 Å². The number of ether oxygens (including phenoxy) is 1. The molecule has 1 aliphatic rings. The standard InChI is InChI=1S/C29H22ClFN2O4S3/c1-14-25(32-28(36)37-15(2)16-6-4-3-5-7-16)26(40-33-14)18-10-19(30)17(11-20(18)31)21-12-22-23(38-21)13-24(39-22)29(8-9-29)27(34)35/h3-7,10-13,15H,8-9H2,1-2H3,(H,32,36)(H,34,35)/t15-/m1/s1. The molecular weight excluding hydrogens is 591 g/mol. The molecule has 6 rings (SSSR count). The van der Waals surface area contributed by atoms with Gasteiger partial charge in [0, 0.05) is 30.3 Å². The molecule has 3 aromatic heterocycles. The molecule has 1 atom stereocenters. The summed E-state index contributed by atoms with van der Waals surface area (Å²) in [4.78, 5) is 26.5. The first-order chi connectivity index (χ1) is 19.2. The van der Waals surface area contributed by atoms with E-state index in [0.29, 0.717) is 39.7 Å². The van der Waals surface area contributed by atoms with E-state index in [9.17, 15) is 14.7 Å². The minimum atomic E-state index is -0.784. The number of amides is 1. The van der Waals surface area contributed by atoms with Crippen LogP contribution in [0.25, 0.3) is 30.3 Å². The Morgan fingerprint density at radius 3 is 2.50 bits per heavy atom. The van der Waals surface area contributed by atoms with E-state index in [0.717, 1.165) is 36.3 Å². The molecule has 1 amide bonds. The molecule has 1 aliphatic carbocycles. The maximum atomic E-state index is 15.6. The zero-order valence-electron chi connectivity index (χ0n) is 21.3. The van der Waals surface area contributed by atoms with E-state index >= 15 is 4.39 Å². The third kappa shape index (κ3) is 4.79. The molecule has 0 unspecified atom stereocenters. The molecule has 5 aromatic rings. The van der Waals surface area contributed by atoms with Crippen molar-refractivity contribution in [3.05, 3.63) is 81.6 Å². The number of carbonyl (C=O) groups excluding carboxylic acids is 1. The third-order valence-electron chi connectivity index (χ3n) is 7.05. The summed E-state index contributed by atoms with van der Waals surface area (Å²) in [5, 5.41) is 12.7. The number of benzene rings is 2. The number of fused-ring (bicyclic) bond motifs is 1. The summed E-state index contributed by atoms with van der Waals surface area (Å²) < 4.78 is 27.3. The Labute approximate surface area is 246 Å². The molecule has 0 spiro atoms. The Hall–Kier alpha value is -3.31. The van der Waals surface area contributed by atoms with Crippen molar-refractivity contribution in [3.63, 3.8) is 0 Å². The van der Waals surface area contributed by atoms with E-state index in [1.165, 1.54) is 28.7 Å². The number of nitrogens with one attached hydrogen (secondary N) is 1. The van der Waals surface area contributed by atoms with Crippen LogP contribution in [0.15, 0.2) is 54.6 Å². The quantitative estimate of drug-likeness (QED) is 0.191. The Morgan fingerprint density at radius 1 is 1.10 bits per heavy atom. The fourth-order valence-corrected chi connectivity index (χ4v) is 8.44. The van der Waals surface area contributed by atoms with Gasteiger partial charge in [0.2, 0.25) is 0 Å². The number of aromatic nitrogens is 1. The molecule has 2 N–H and O–H groups in total. The van der Waals surface area contributed by atoms with Crippen LogP contribution in [0.5, 0.6) is 0 Å². The largest absolute Gasteiger partial charge is 0.481 e. The minimum absolute atomic E-state index is 0.226. The Balaban J connectivity index is 1.26. The van der Waals surface area contributed by atoms with Crippen molar-refractivity contribution >= 4 is 73.0 Å². The van der Waals surface area contributed by atoms with Gasteiger partial charge in [-0.2, -0.15) is 4.37 Å². The Bertz CT molecular complexity index is 1740. The average Bonchev–Trinajstić information content (AvgIpc) is 3.34. The number of carbonyl (C=O) groups is 2. The van der Waals surface area contributed by atoms with Crippen LogP contribution >= 0.6 is 45.8 Å². The smallest absolute Gasteiger partial charge is 0.412 e. The van der Waals surface area contributed by atoms with Crippen molar-refractivity contribution < 1.29 is 23.8 Å². The SMILES string of the molecule is Cc1nsc(-c2cc(Cl)c(-c3cc4sc(C5(C(=O)O)CC5)cc4s3)cc2F)c1NC(=O)O[C@H](C)c1ccccc1. The van der Waals surface area contributed by atoms with Crippen molar-refractivity contribution in [2.45, 2.75) is 38.2 Å². The van der Waals surface area contributed by atoms with Gasteiger partial charge in [-0.25, -0.2) is 9.18 Å². The summed E-state index contributed by atoms with van der Waals surface area (Å²) in [6.07, 6.45) is 0.161. The normalized spacial score (nSPS) is 14.7. The number of anilines is 1. The first-order valence-electron chi connectivity index (χ1n) is 12.4. The maximum absolute atomic E-state index is 15.6. The topological polar surface area (TPSA) is 88.5 Å². The van der Waals surface area contributed by atoms with Gasteiger partial charge in [-0.3, -0.25) is 10.1 Å². The number of hydrogen-bond donors (Lipinski definition) is 2. The van der Waals surface area contributed by atoms with Crippen molar-refractivity contribution in [1.29, 1.82) is 0 Å². The van der Waals surface area contributed by atoms with Gasteiger partial charge < -0.3 is 9.84 Å². The summed E-state index contributed by atoms with van der Waals surface area (Å²) in [5.74, 6) is -1.29. The highest BCUT2D eigenvalue weighted by atomic mass is 35.5. The molecule has 2 aromatic carbocycles. The molecule has 0 aliphatic heterocycles. The van der Waals surface area contributed by atoms with Crippen LogP contribution in [0.3, 0.4) is 0 Å². The molecule has 0 saturated heterocycles. The van der Waals surface area contributed by atoms with E-state index < -0.39 is 29.4 Å². The molecule has 3 heterocycles. The molecule has 11 heteroatoms. The van der Waals surface area contributed by atoms with Gasteiger partial charge in [-0.05, 0) is 68.1 Å². The first kappa shape index (κ1) is 26.9. The number of thiophene rings is 2. The Morgan fingerprint density at radius 2 is 1.82 bits per heavy atom. The molecule has 40 heavy (non-hydrogen) atoms. The van der Waals surface area contributed by atoms with Gasteiger partial charge in [-0.15, -0.1) is 22.7 Å². The molecule has 6 nitrogen and oxygen atoms in total. The van der Waals surface area contributed by atoms with Gasteiger partial charge >= 0.3 is 12.1 Å². The molecular formula is C29H22ClFN2O4S3. The highest BCUT2D eigenvalue weighted by molar-refractivity contribution is 7.29. The highest BCUT2D eigenvalue weighted by Gasteiger charge is 2.53. The fraction of sp³-hybridized carbons (Fsp3) is 0.207. The molecule has 1 saturated carbocycles. The van der Waals surface area contributed by atoms with E-state index in [1.54, 1.807) is 19.9 Å². The second kappa shape index (κ2) is 10.3. The number of rotatable bonds is 7. The molecule has 204 valence electrons. The van der Waals surface area contributed by atoms with Crippen LogP contribution in [-0.2, 0) is 14.9 Å². The summed E-state index contributed by atoms with van der Waals surface area (Å²) in [6.45, 7) is 3.51. The average molecular weight is 613 g/mol. The van der Waals surface area contributed by atoms with Gasteiger partial charge in [0.25, 0.3) is 0 Å². The molecule has 0 radical (unpaired) electrons. The summed E-state index contributed by atoms with van der Waals surface area (Å²) in [6, 6.07) is 16.2. The lowest BCUT2D eigenvalue weighted by molar-refractivity contribution is -0.139. The highest BCUT2D eigenvalue weighted by Crippen LogP contribution is 2.53. The number of nitrogens with zero attached hydrogens (tertiary/aromatic N) is 1. The third-order valence-corrected chi connectivity index (χ3v) is 10.9. The zero-order valence-corrected chi connectivity index (χ0v) is 24.5. The summed E-state index contributed by atoms with van der Waals surface area (Å²) in [7, 11) is 0. The van der Waals surface area contributed by atoms with Crippen molar-refractivity contribution in [2.75, 3.05) is 5.32 Å². The van der Waals surface area contributed by atoms with Crippen LogP contribution in [-0.4, -0.2) is 21.5 Å².